The molecule has 2 heterocycles. The summed E-state index contributed by atoms with van der Waals surface area (Å²) in [4.78, 5) is 45.3. The molecule has 0 bridgehead atoms. The molecule has 0 unspecified atom stereocenters. The van der Waals surface area contributed by atoms with Gasteiger partial charge in [0.2, 0.25) is 5.91 Å². The predicted molar refractivity (Wildman–Crippen MR) is 93.9 cm³/mol. The molecule has 2 aromatic heterocycles. The molecule has 2 aromatic rings. The number of thiazole rings is 2. The van der Waals surface area contributed by atoms with Crippen molar-refractivity contribution in [2.24, 2.45) is 11.5 Å². The number of primary amides is 1. The van der Waals surface area contributed by atoms with Crippen molar-refractivity contribution in [2.45, 2.75) is 24.9 Å². The first-order valence-electron chi connectivity index (χ1n) is 7.25. The highest BCUT2D eigenvalue weighted by atomic mass is 32.1. The zero-order valence-corrected chi connectivity index (χ0v) is 15.0. The fourth-order valence-electron chi connectivity index (χ4n) is 2.21. The van der Waals surface area contributed by atoms with Crippen molar-refractivity contribution in [3.63, 3.8) is 0 Å². The molecule has 0 aliphatic rings. The highest BCUT2D eigenvalue weighted by Crippen LogP contribution is 2.12. The van der Waals surface area contributed by atoms with Crippen molar-refractivity contribution >= 4 is 40.5 Å². The minimum absolute atomic E-state index is 0.147. The Kier molecular flexibility index (Phi) is 6.56. The SMILES string of the molecule is CN(C(=O)[C@@H](N)Cc1cscn1)[C@@H](Cc1cscn1)C(=O)NC(N)=O. The summed E-state index contributed by atoms with van der Waals surface area (Å²) in [7, 11) is 1.46. The van der Waals surface area contributed by atoms with Crippen molar-refractivity contribution in [2.75, 3.05) is 7.05 Å². The van der Waals surface area contributed by atoms with Gasteiger partial charge in [-0.25, -0.2) is 14.8 Å². The van der Waals surface area contributed by atoms with Crippen LogP contribution in [0.25, 0.3) is 0 Å². The van der Waals surface area contributed by atoms with Gasteiger partial charge in [-0.3, -0.25) is 14.9 Å². The van der Waals surface area contributed by atoms with Crippen LogP contribution in [-0.2, 0) is 22.4 Å². The minimum atomic E-state index is -0.985. The van der Waals surface area contributed by atoms with E-state index in [1.54, 1.807) is 21.8 Å². The third kappa shape index (κ3) is 5.31. The summed E-state index contributed by atoms with van der Waals surface area (Å²) in [5, 5.41) is 5.57. The number of imide groups is 1. The van der Waals surface area contributed by atoms with Gasteiger partial charge in [-0.05, 0) is 0 Å². The Morgan fingerprint density at radius 1 is 1.16 bits per heavy atom. The molecule has 4 amide bonds. The Morgan fingerprint density at radius 3 is 2.20 bits per heavy atom. The quantitative estimate of drug-likeness (QED) is 0.601. The van der Waals surface area contributed by atoms with Gasteiger partial charge in [0.05, 0.1) is 28.5 Å². The van der Waals surface area contributed by atoms with Crippen LogP contribution in [0.5, 0.6) is 0 Å². The van der Waals surface area contributed by atoms with Crippen molar-refractivity contribution in [1.29, 1.82) is 0 Å². The maximum absolute atomic E-state index is 12.6. The standard InChI is InChI=1S/C14H18N6O3S2/c1-20(13(22)10(15)2-8-4-24-6-17-8)11(12(21)19-14(16)23)3-9-5-25-7-18-9/h4-7,10-11H,2-3,15H2,1H3,(H3,16,19,21,23)/t10-,11-/m0/s1. The summed E-state index contributed by atoms with van der Waals surface area (Å²) in [5.74, 6) is -1.12. The second kappa shape index (κ2) is 8.65. The number of hydrogen-bond acceptors (Lipinski definition) is 8. The summed E-state index contributed by atoms with van der Waals surface area (Å²) < 4.78 is 0. The molecule has 11 heteroatoms. The fraction of sp³-hybridized carbons (Fsp3) is 0.357. The number of hydrogen-bond donors (Lipinski definition) is 3. The number of nitrogens with zero attached hydrogens (tertiary/aromatic N) is 3. The van der Waals surface area contributed by atoms with Gasteiger partial charge in [0.15, 0.2) is 0 Å². The largest absolute Gasteiger partial charge is 0.351 e. The molecule has 25 heavy (non-hydrogen) atoms. The van der Waals surface area contributed by atoms with E-state index in [9.17, 15) is 14.4 Å². The number of amides is 4. The summed E-state index contributed by atoms with van der Waals surface area (Å²) in [6.07, 6.45) is 0.405. The summed E-state index contributed by atoms with van der Waals surface area (Å²) >= 11 is 2.77. The number of carbonyl (C=O) groups is 3. The second-order valence-corrected chi connectivity index (χ2v) is 6.73. The minimum Gasteiger partial charge on any atom is -0.351 e. The molecular formula is C14H18N6O3S2. The number of aromatic nitrogens is 2. The maximum Gasteiger partial charge on any atom is 0.318 e. The van der Waals surface area contributed by atoms with E-state index in [2.05, 4.69) is 9.97 Å². The average Bonchev–Trinajstić information content (AvgIpc) is 3.23. The van der Waals surface area contributed by atoms with Gasteiger partial charge >= 0.3 is 6.03 Å². The molecule has 2 atom stereocenters. The van der Waals surface area contributed by atoms with Crippen LogP contribution >= 0.6 is 22.7 Å². The van der Waals surface area contributed by atoms with Gasteiger partial charge in [-0.1, -0.05) is 0 Å². The third-order valence-corrected chi connectivity index (χ3v) is 4.75. The Balaban J connectivity index is 2.11. The maximum atomic E-state index is 12.6. The van der Waals surface area contributed by atoms with Crippen LogP contribution in [-0.4, -0.2) is 51.8 Å². The Bertz CT molecular complexity index is 719. The topological polar surface area (TPSA) is 144 Å². The van der Waals surface area contributed by atoms with Crippen LogP contribution in [0.1, 0.15) is 11.4 Å². The van der Waals surface area contributed by atoms with Gasteiger partial charge in [0.25, 0.3) is 5.91 Å². The lowest BCUT2D eigenvalue weighted by Crippen LogP contribution is -2.55. The molecule has 0 aliphatic heterocycles. The highest BCUT2D eigenvalue weighted by Gasteiger charge is 2.31. The highest BCUT2D eigenvalue weighted by molar-refractivity contribution is 7.07. The molecule has 0 aromatic carbocycles. The molecule has 0 saturated heterocycles. The number of rotatable bonds is 7. The van der Waals surface area contributed by atoms with Gasteiger partial charge in [0.1, 0.15) is 6.04 Å². The molecule has 0 fully saturated rings. The van der Waals surface area contributed by atoms with E-state index in [1.165, 1.54) is 34.6 Å². The van der Waals surface area contributed by atoms with E-state index < -0.39 is 29.9 Å². The molecule has 0 radical (unpaired) electrons. The van der Waals surface area contributed by atoms with E-state index >= 15 is 0 Å². The van der Waals surface area contributed by atoms with Crippen molar-refractivity contribution in [1.82, 2.24) is 20.2 Å². The molecule has 2 rings (SSSR count). The Hall–Kier alpha value is -2.37. The lowest BCUT2D eigenvalue weighted by Gasteiger charge is -2.28. The molecule has 9 nitrogen and oxygen atoms in total. The van der Waals surface area contributed by atoms with E-state index in [0.29, 0.717) is 11.4 Å². The van der Waals surface area contributed by atoms with Crippen LogP contribution in [0.15, 0.2) is 21.8 Å². The Morgan fingerprint density at radius 2 is 1.72 bits per heavy atom. The van der Waals surface area contributed by atoms with Crippen molar-refractivity contribution in [3.8, 4) is 0 Å². The van der Waals surface area contributed by atoms with Crippen molar-refractivity contribution < 1.29 is 14.4 Å². The van der Waals surface area contributed by atoms with Gasteiger partial charge in [-0.2, -0.15) is 0 Å². The van der Waals surface area contributed by atoms with Crippen LogP contribution in [0.4, 0.5) is 4.79 Å². The first kappa shape index (κ1) is 19.0. The van der Waals surface area contributed by atoms with Gasteiger partial charge in [-0.15, -0.1) is 22.7 Å². The number of carbonyl (C=O) groups excluding carboxylic acids is 3. The zero-order chi connectivity index (χ0) is 18.4. The monoisotopic (exact) mass is 382 g/mol. The van der Waals surface area contributed by atoms with Crippen LogP contribution in [0.2, 0.25) is 0 Å². The lowest BCUT2D eigenvalue weighted by atomic mass is 10.1. The van der Waals surface area contributed by atoms with Crippen LogP contribution < -0.4 is 16.8 Å². The van der Waals surface area contributed by atoms with Gasteiger partial charge < -0.3 is 16.4 Å². The average molecular weight is 382 g/mol. The first-order chi connectivity index (χ1) is 11.9. The van der Waals surface area contributed by atoms with Crippen molar-refractivity contribution in [3.05, 3.63) is 33.2 Å². The zero-order valence-electron chi connectivity index (χ0n) is 13.4. The van der Waals surface area contributed by atoms with Gasteiger partial charge in [0, 0.05) is 30.6 Å². The molecule has 0 spiro atoms. The molecule has 0 saturated carbocycles. The summed E-state index contributed by atoms with van der Waals surface area (Å²) in [6, 6.07) is -2.80. The fourth-order valence-corrected chi connectivity index (χ4v) is 3.36. The number of urea groups is 1. The third-order valence-electron chi connectivity index (χ3n) is 3.48. The predicted octanol–water partition coefficient (Wildman–Crippen LogP) is -0.266. The molecule has 134 valence electrons. The molecule has 5 N–H and O–H groups in total. The van der Waals surface area contributed by atoms with E-state index in [0.717, 1.165) is 0 Å². The van der Waals surface area contributed by atoms with E-state index in [-0.39, 0.29) is 12.8 Å². The summed E-state index contributed by atoms with van der Waals surface area (Å²) in [6.45, 7) is 0. The Labute approximate surface area is 152 Å². The second-order valence-electron chi connectivity index (χ2n) is 5.29. The lowest BCUT2D eigenvalue weighted by molar-refractivity contribution is -0.139. The molecular weight excluding hydrogens is 364 g/mol. The van der Waals surface area contributed by atoms with Crippen LogP contribution in [0, 0.1) is 0 Å². The first-order valence-corrected chi connectivity index (χ1v) is 9.13. The number of nitrogens with one attached hydrogen (secondary N) is 1. The van der Waals surface area contributed by atoms with Crippen LogP contribution in [0.3, 0.4) is 0 Å². The smallest absolute Gasteiger partial charge is 0.318 e. The molecule has 0 aliphatic carbocycles. The number of nitrogens with two attached hydrogens (primary N) is 2. The normalized spacial score (nSPS) is 13.0. The van der Waals surface area contributed by atoms with E-state index in [4.69, 9.17) is 11.5 Å². The van der Waals surface area contributed by atoms with E-state index in [1.807, 2.05) is 5.32 Å². The number of likely N-dealkylation sites (N-methyl/N-ethyl adjacent to an activating group) is 1. The summed E-state index contributed by atoms with van der Waals surface area (Å²) in [5.41, 5.74) is 15.6.